The highest BCUT2D eigenvalue weighted by Gasteiger charge is 2.31. The number of likely N-dealkylation sites (tertiary alicyclic amines) is 2. The number of carbonyl (C=O) groups excluding carboxylic acids is 1. The van der Waals surface area contributed by atoms with E-state index in [4.69, 9.17) is 17.3 Å². The number of carbonyl (C=O) groups is 1. The first-order chi connectivity index (χ1) is 17.0. The highest BCUT2D eigenvalue weighted by Crippen LogP contribution is 2.26. The zero-order valence-electron chi connectivity index (χ0n) is 20.8. The fourth-order valence-electron chi connectivity index (χ4n) is 5.43. The van der Waals surface area contributed by atoms with Gasteiger partial charge in [-0.2, -0.15) is 0 Å². The Labute approximate surface area is 213 Å². The molecule has 1 atom stereocenters. The number of benzene rings is 2. The van der Waals surface area contributed by atoms with Crippen molar-refractivity contribution in [1.82, 2.24) is 24.1 Å². The lowest BCUT2D eigenvalue weighted by atomic mass is 9.93. The van der Waals surface area contributed by atoms with Crippen LogP contribution in [-0.2, 0) is 11.5 Å². The fourth-order valence-corrected chi connectivity index (χ4v) is 5.72. The third-order valence-corrected chi connectivity index (χ3v) is 7.76. The molecule has 3 aromatic rings. The van der Waals surface area contributed by atoms with Crippen molar-refractivity contribution < 1.29 is 4.79 Å². The summed E-state index contributed by atoms with van der Waals surface area (Å²) in [5, 5.41) is 4.97. The molecule has 6 nitrogen and oxygen atoms in total. The fraction of sp³-hybridized carbons (Fsp3) is 0.464. The molecule has 2 aliphatic rings. The molecule has 0 saturated carbocycles. The Morgan fingerprint density at radius 3 is 2.51 bits per heavy atom. The van der Waals surface area contributed by atoms with E-state index in [1.165, 1.54) is 12.0 Å². The minimum Gasteiger partial charge on any atom is -0.342 e. The second-order valence-electron chi connectivity index (χ2n) is 10.2. The van der Waals surface area contributed by atoms with Crippen LogP contribution in [0.4, 0.5) is 0 Å². The molecule has 0 aliphatic carbocycles. The zero-order chi connectivity index (χ0) is 24.4. The molecule has 184 valence electrons. The average Bonchev–Trinajstić information content (AvgIpc) is 3.20. The monoisotopic (exact) mass is 489 g/mol. The number of amides is 1. The molecule has 2 saturated heterocycles. The van der Waals surface area contributed by atoms with E-state index in [9.17, 15) is 4.79 Å². The van der Waals surface area contributed by atoms with Crippen LogP contribution in [0, 0.1) is 23.5 Å². The van der Waals surface area contributed by atoms with Gasteiger partial charge in [-0.15, -0.1) is 5.10 Å². The minimum atomic E-state index is 0.147. The first-order valence-corrected chi connectivity index (χ1v) is 13.2. The lowest BCUT2D eigenvalue weighted by molar-refractivity contribution is -0.139. The number of aromatic nitrogens is 3. The van der Waals surface area contributed by atoms with Crippen LogP contribution in [0.15, 0.2) is 54.6 Å². The number of rotatable bonds is 5. The summed E-state index contributed by atoms with van der Waals surface area (Å²) in [6, 6.07) is 18.6. The summed E-state index contributed by atoms with van der Waals surface area (Å²) in [6.07, 6.45) is 4.18. The molecule has 1 amide bonds. The molecule has 7 heteroatoms. The van der Waals surface area contributed by atoms with Gasteiger partial charge < -0.3 is 4.90 Å². The molecule has 0 radical (unpaired) electrons. The van der Waals surface area contributed by atoms with Crippen molar-refractivity contribution in [2.75, 3.05) is 26.2 Å². The van der Waals surface area contributed by atoms with Crippen molar-refractivity contribution in [2.45, 2.75) is 46.2 Å². The number of piperidine rings is 2. The van der Waals surface area contributed by atoms with Crippen LogP contribution in [0.2, 0.25) is 0 Å². The predicted octanol–water partition coefficient (Wildman–Crippen LogP) is 5.31. The largest absolute Gasteiger partial charge is 0.342 e. The summed E-state index contributed by atoms with van der Waals surface area (Å²) in [6.45, 7) is 8.61. The molecule has 0 N–H and O–H groups in total. The van der Waals surface area contributed by atoms with E-state index in [2.05, 4.69) is 64.6 Å². The van der Waals surface area contributed by atoms with Crippen LogP contribution in [0.5, 0.6) is 0 Å². The third-order valence-electron chi connectivity index (χ3n) is 7.37. The quantitative estimate of drug-likeness (QED) is 0.456. The van der Waals surface area contributed by atoms with Gasteiger partial charge in [0.2, 0.25) is 10.7 Å². The second-order valence-corrected chi connectivity index (χ2v) is 10.6. The summed E-state index contributed by atoms with van der Waals surface area (Å²) < 4.78 is 4.70. The van der Waals surface area contributed by atoms with E-state index in [0.717, 1.165) is 62.5 Å². The van der Waals surface area contributed by atoms with E-state index in [0.29, 0.717) is 23.3 Å². The topological polar surface area (TPSA) is 46.3 Å². The minimum absolute atomic E-state index is 0.147. The van der Waals surface area contributed by atoms with Gasteiger partial charge in [-0.25, -0.2) is 4.68 Å². The summed E-state index contributed by atoms with van der Waals surface area (Å²) in [5.41, 5.74) is 3.25. The van der Waals surface area contributed by atoms with Crippen molar-refractivity contribution >= 4 is 18.1 Å². The Bertz CT molecular complexity index is 1230. The summed E-state index contributed by atoms with van der Waals surface area (Å²) in [7, 11) is 0. The maximum Gasteiger partial charge on any atom is 0.225 e. The second kappa shape index (κ2) is 10.5. The Morgan fingerprint density at radius 2 is 1.80 bits per heavy atom. The van der Waals surface area contributed by atoms with Crippen molar-refractivity contribution in [3.8, 4) is 17.1 Å². The zero-order valence-corrected chi connectivity index (χ0v) is 21.6. The summed E-state index contributed by atoms with van der Waals surface area (Å²) >= 11 is 5.94. The molecule has 1 aromatic heterocycles. The molecule has 3 heterocycles. The molecule has 1 unspecified atom stereocenters. The summed E-state index contributed by atoms with van der Waals surface area (Å²) in [4.78, 5) is 17.6. The average molecular weight is 490 g/mol. The Kier molecular flexibility index (Phi) is 7.16. The first kappa shape index (κ1) is 23.9. The van der Waals surface area contributed by atoms with Gasteiger partial charge >= 0.3 is 0 Å². The van der Waals surface area contributed by atoms with Gasteiger partial charge in [-0.1, -0.05) is 49.4 Å². The molecule has 0 bridgehead atoms. The van der Waals surface area contributed by atoms with E-state index in [1.54, 1.807) is 0 Å². The van der Waals surface area contributed by atoms with E-state index < -0.39 is 0 Å². The van der Waals surface area contributed by atoms with E-state index in [1.807, 2.05) is 22.9 Å². The number of aryl methyl sites for hydroxylation is 1. The highest BCUT2D eigenvalue weighted by molar-refractivity contribution is 7.71. The Balaban J connectivity index is 1.33. The maximum absolute atomic E-state index is 13.1. The Morgan fingerprint density at radius 1 is 1.03 bits per heavy atom. The normalized spacial score (nSPS) is 19.7. The molecule has 2 aliphatic heterocycles. The SMILES string of the molecule is Cc1cccc(-n2c(-c3ccccc3)nn(CN3CCC(C(=O)N4CCCC(C)C4)CC3)c2=S)c1. The van der Waals surface area contributed by atoms with Crippen LogP contribution in [-0.4, -0.2) is 56.2 Å². The van der Waals surface area contributed by atoms with Crippen LogP contribution in [0.25, 0.3) is 17.1 Å². The van der Waals surface area contributed by atoms with Gasteiger partial charge in [0.05, 0.1) is 12.4 Å². The van der Waals surface area contributed by atoms with Crippen molar-refractivity contribution in [1.29, 1.82) is 0 Å². The molecule has 2 fully saturated rings. The number of hydrogen-bond acceptors (Lipinski definition) is 4. The van der Waals surface area contributed by atoms with Gasteiger partial charge in [-0.3, -0.25) is 14.3 Å². The van der Waals surface area contributed by atoms with Gasteiger partial charge in [0.25, 0.3) is 0 Å². The molecular weight excluding hydrogens is 454 g/mol. The summed E-state index contributed by atoms with van der Waals surface area (Å²) in [5.74, 6) is 1.99. The van der Waals surface area contributed by atoms with Crippen LogP contribution in [0.3, 0.4) is 0 Å². The predicted molar refractivity (Wildman–Crippen MR) is 142 cm³/mol. The van der Waals surface area contributed by atoms with Gasteiger partial charge in [0.1, 0.15) is 0 Å². The molecule has 35 heavy (non-hydrogen) atoms. The van der Waals surface area contributed by atoms with Crippen LogP contribution in [0.1, 0.15) is 38.2 Å². The molecule has 0 spiro atoms. The van der Waals surface area contributed by atoms with Crippen molar-refractivity contribution in [3.05, 3.63) is 64.9 Å². The van der Waals surface area contributed by atoms with Crippen molar-refractivity contribution in [3.63, 3.8) is 0 Å². The lowest BCUT2D eigenvalue weighted by Gasteiger charge is -2.37. The molecule has 5 rings (SSSR count). The van der Waals surface area contributed by atoms with Gasteiger partial charge in [-0.05, 0) is 68.4 Å². The number of nitrogens with zero attached hydrogens (tertiary/aromatic N) is 5. The highest BCUT2D eigenvalue weighted by atomic mass is 32.1. The lowest BCUT2D eigenvalue weighted by Crippen LogP contribution is -2.46. The van der Waals surface area contributed by atoms with Crippen LogP contribution >= 0.6 is 12.2 Å². The smallest absolute Gasteiger partial charge is 0.225 e. The molecular formula is C28H35N5OS. The van der Waals surface area contributed by atoms with Gasteiger partial charge in [0, 0.05) is 37.7 Å². The third kappa shape index (κ3) is 5.26. The maximum atomic E-state index is 13.1. The Hall–Kier alpha value is -2.77. The van der Waals surface area contributed by atoms with E-state index in [-0.39, 0.29) is 5.92 Å². The van der Waals surface area contributed by atoms with Crippen molar-refractivity contribution in [2.24, 2.45) is 11.8 Å². The van der Waals surface area contributed by atoms with E-state index >= 15 is 0 Å². The van der Waals surface area contributed by atoms with Crippen LogP contribution < -0.4 is 0 Å². The first-order valence-electron chi connectivity index (χ1n) is 12.8. The molecule has 2 aromatic carbocycles. The van der Waals surface area contributed by atoms with Gasteiger partial charge in [0.15, 0.2) is 5.82 Å². The number of hydrogen-bond donors (Lipinski definition) is 0. The standard InChI is InChI=1S/C28H35N5OS/c1-21-8-6-12-25(18-21)33-26(23-10-4-3-5-11-23)29-32(28(33)35)20-30-16-13-24(14-17-30)27(34)31-15-7-9-22(2)19-31/h3-6,8,10-12,18,22,24H,7,9,13-17,19-20H2,1-2H3.